The van der Waals surface area contributed by atoms with Crippen LogP contribution in [0.3, 0.4) is 0 Å². The highest BCUT2D eigenvalue weighted by Crippen LogP contribution is 2.17. The average molecular weight is 220 g/mol. The Morgan fingerprint density at radius 3 is 1.93 bits per heavy atom. The van der Waals surface area contributed by atoms with Crippen molar-refractivity contribution in [3.05, 3.63) is 0 Å². The fourth-order valence-electron chi connectivity index (χ4n) is 0.846. The lowest BCUT2D eigenvalue weighted by Gasteiger charge is -2.16. The molecule has 0 aromatic heterocycles. The molecule has 0 rings (SSSR count). The summed E-state index contributed by atoms with van der Waals surface area (Å²) in [4.78, 5) is 11.5. The SMILES string of the molecule is CC(C)S(=O)(=O)CCC(=O)C(C)(C)C. The Hall–Kier alpha value is -0.380. The molecule has 3 nitrogen and oxygen atoms in total. The molecule has 0 spiro atoms. The first-order valence-corrected chi connectivity index (χ1v) is 6.54. The maximum Gasteiger partial charge on any atom is 0.153 e. The summed E-state index contributed by atoms with van der Waals surface area (Å²) in [5, 5.41) is -0.393. The van der Waals surface area contributed by atoms with Crippen molar-refractivity contribution in [3.8, 4) is 0 Å². The van der Waals surface area contributed by atoms with Crippen molar-refractivity contribution < 1.29 is 13.2 Å². The maximum absolute atomic E-state index is 11.5. The van der Waals surface area contributed by atoms with E-state index in [1.54, 1.807) is 34.6 Å². The topological polar surface area (TPSA) is 51.2 Å². The normalized spacial score (nSPS) is 13.3. The molecule has 0 saturated heterocycles. The maximum atomic E-state index is 11.5. The third kappa shape index (κ3) is 4.22. The van der Waals surface area contributed by atoms with Gasteiger partial charge in [-0.05, 0) is 13.8 Å². The van der Waals surface area contributed by atoms with Gasteiger partial charge in [-0.15, -0.1) is 0 Å². The molecule has 0 fully saturated rings. The van der Waals surface area contributed by atoms with Crippen LogP contribution in [-0.4, -0.2) is 25.2 Å². The minimum absolute atomic E-state index is 0.00160. The van der Waals surface area contributed by atoms with E-state index in [1.165, 1.54) is 0 Å². The number of ketones is 1. The summed E-state index contributed by atoms with van der Waals surface area (Å²) in [7, 11) is -3.07. The first-order chi connectivity index (χ1) is 6.07. The first-order valence-electron chi connectivity index (χ1n) is 4.82. The van der Waals surface area contributed by atoms with Crippen molar-refractivity contribution in [3.63, 3.8) is 0 Å². The van der Waals surface area contributed by atoms with Crippen molar-refractivity contribution in [2.24, 2.45) is 5.41 Å². The molecule has 84 valence electrons. The van der Waals surface area contributed by atoms with Crippen LogP contribution >= 0.6 is 0 Å². The smallest absolute Gasteiger partial charge is 0.153 e. The summed E-state index contributed by atoms with van der Waals surface area (Å²) in [5.74, 6) is -0.0254. The van der Waals surface area contributed by atoms with E-state index in [9.17, 15) is 13.2 Å². The average Bonchev–Trinajstić information content (AvgIpc) is 1.98. The van der Waals surface area contributed by atoms with Crippen LogP contribution in [0.2, 0.25) is 0 Å². The van der Waals surface area contributed by atoms with E-state index in [2.05, 4.69) is 0 Å². The summed E-state index contributed by atoms with van der Waals surface area (Å²) in [5.41, 5.74) is -0.438. The fraction of sp³-hybridized carbons (Fsp3) is 0.900. The first kappa shape index (κ1) is 13.6. The van der Waals surface area contributed by atoms with Crippen LogP contribution in [0.15, 0.2) is 0 Å². The van der Waals surface area contributed by atoms with E-state index in [4.69, 9.17) is 0 Å². The Balaban J connectivity index is 4.29. The molecule has 0 amide bonds. The summed E-state index contributed by atoms with van der Waals surface area (Å²) in [6, 6.07) is 0. The van der Waals surface area contributed by atoms with Crippen molar-refractivity contribution in [2.75, 3.05) is 5.75 Å². The van der Waals surface area contributed by atoms with Gasteiger partial charge in [0.05, 0.1) is 11.0 Å². The van der Waals surface area contributed by atoms with Crippen LogP contribution < -0.4 is 0 Å². The van der Waals surface area contributed by atoms with Gasteiger partial charge in [-0.25, -0.2) is 8.42 Å². The number of hydrogen-bond acceptors (Lipinski definition) is 3. The Bertz CT molecular complexity index is 294. The Labute approximate surface area is 86.8 Å². The number of hydrogen-bond donors (Lipinski definition) is 0. The van der Waals surface area contributed by atoms with Gasteiger partial charge in [-0.1, -0.05) is 20.8 Å². The molecule has 0 heterocycles. The lowest BCUT2D eigenvalue weighted by atomic mass is 9.89. The van der Waals surface area contributed by atoms with E-state index >= 15 is 0 Å². The van der Waals surface area contributed by atoms with Crippen molar-refractivity contribution in [2.45, 2.75) is 46.3 Å². The molecule has 0 aromatic rings. The fourth-order valence-corrected chi connectivity index (χ4v) is 1.79. The number of carbonyl (C=O) groups excluding carboxylic acids is 1. The van der Waals surface area contributed by atoms with Gasteiger partial charge in [0, 0.05) is 11.8 Å². The lowest BCUT2D eigenvalue weighted by molar-refractivity contribution is -0.125. The lowest BCUT2D eigenvalue weighted by Crippen LogP contribution is -2.25. The molecular formula is C10H20O3S. The zero-order valence-electron chi connectivity index (χ0n) is 9.62. The molecule has 0 aliphatic rings. The molecular weight excluding hydrogens is 200 g/mol. The van der Waals surface area contributed by atoms with Gasteiger partial charge in [0.15, 0.2) is 9.84 Å². The highest BCUT2D eigenvalue weighted by atomic mass is 32.2. The number of carbonyl (C=O) groups is 1. The quantitative estimate of drug-likeness (QED) is 0.726. The standard InChI is InChI=1S/C10H20O3S/c1-8(2)14(12,13)7-6-9(11)10(3,4)5/h8H,6-7H2,1-5H3. The van der Waals surface area contributed by atoms with Gasteiger partial charge in [0.25, 0.3) is 0 Å². The molecule has 0 radical (unpaired) electrons. The Morgan fingerprint density at radius 2 is 1.64 bits per heavy atom. The summed E-state index contributed by atoms with van der Waals surface area (Å²) >= 11 is 0. The minimum atomic E-state index is -3.07. The van der Waals surface area contributed by atoms with Crippen molar-refractivity contribution >= 4 is 15.6 Å². The monoisotopic (exact) mass is 220 g/mol. The zero-order valence-corrected chi connectivity index (χ0v) is 10.4. The third-order valence-corrected chi connectivity index (χ3v) is 4.38. The van der Waals surface area contributed by atoms with Gasteiger partial charge < -0.3 is 0 Å². The summed E-state index contributed by atoms with van der Waals surface area (Å²) in [6.07, 6.45) is 0.129. The molecule has 0 saturated carbocycles. The zero-order chi connectivity index (χ0) is 11.6. The van der Waals surface area contributed by atoms with Crippen LogP contribution in [0.25, 0.3) is 0 Å². The summed E-state index contributed by atoms with van der Waals surface area (Å²) in [6.45, 7) is 8.68. The second-order valence-electron chi connectivity index (χ2n) is 4.84. The third-order valence-electron chi connectivity index (χ3n) is 2.17. The van der Waals surface area contributed by atoms with Crippen LogP contribution in [0.1, 0.15) is 41.0 Å². The van der Waals surface area contributed by atoms with Gasteiger partial charge >= 0.3 is 0 Å². The molecule has 0 N–H and O–H groups in total. The second-order valence-corrected chi connectivity index (χ2v) is 7.52. The largest absolute Gasteiger partial charge is 0.299 e. The van der Waals surface area contributed by atoms with Gasteiger partial charge in [-0.2, -0.15) is 0 Å². The van der Waals surface area contributed by atoms with Crippen LogP contribution in [-0.2, 0) is 14.6 Å². The Morgan fingerprint density at radius 1 is 1.21 bits per heavy atom. The highest BCUT2D eigenvalue weighted by Gasteiger charge is 2.24. The molecule has 0 aromatic carbocycles. The molecule has 0 bridgehead atoms. The number of rotatable bonds is 4. The number of sulfone groups is 1. The minimum Gasteiger partial charge on any atom is -0.299 e. The molecule has 0 aliphatic heterocycles. The van der Waals surface area contributed by atoms with Crippen LogP contribution in [0, 0.1) is 5.41 Å². The predicted octanol–water partition coefficient (Wildman–Crippen LogP) is 1.81. The molecule has 0 atom stereocenters. The van der Waals surface area contributed by atoms with E-state index in [1.807, 2.05) is 0 Å². The summed E-state index contributed by atoms with van der Waals surface area (Å²) < 4.78 is 22.8. The van der Waals surface area contributed by atoms with E-state index in [0.29, 0.717) is 0 Å². The predicted molar refractivity (Wildman–Crippen MR) is 58.0 cm³/mol. The highest BCUT2D eigenvalue weighted by molar-refractivity contribution is 7.91. The number of Topliss-reactive ketones (excluding diaryl/α,β-unsaturated/α-hetero) is 1. The molecule has 0 aliphatic carbocycles. The van der Waals surface area contributed by atoms with Gasteiger partial charge in [0.1, 0.15) is 5.78 Å². The van der Waals surface area contributed by atoms with Crippen molar-refractivity contribution in [1.29, 1.82) is 0 Å². The second kappa shape index (κ2) is 4.43. The molecule has 4 heteroatoms. The van der Waals surface area contributed by atoms with E-state index < -0.39 is 20.5 Å². The van der Waals surface area contributed by atoms with Gasteiger partial charge in [0.2, 0.25) is 0 Å². The Kier molecular flexibility index (Phi) is 4.31. The van der Waals surface area contributed by atoms with E-state index in [-0.39, 0.29) is 18.0 Å². The van der Waals surface area contributed by atoms with Gasteiger partial charge in [-0.3, -0.25) is 4.79 Å². The molecule has 0 unspecified atom stereocenters. The van der Waals surface area contributed by atoms with Crippen LogP contribution in [0.5, 0.6) is 0 Å². The van der Waals surface area contributed by atoms with E-state index in [0.717, 1.165) is 0 Å². The van der Waals surface area contributed by atoms with Crippen molar-refractivity contribution in [1.82, 2.24) is 0 Å². The molecule has 14 heavy (non-hydrogen) atoms. The van der Waals surface area contributed by atoms with Crippen LogP contribution in [0.4, 0.5) is 0 Å².